The van der Waals surface area contributed by atoms with Crippen LogP contribution in [0.5, 0.6) is 5.75 Å². The number of hydrogen-bond acceptors (Lipinski definition) is 3. The Kier molecular flexibility index (Phi) is 8.28. The number of hydrogen-bond donors (Lipinski definition) is 0. The van der Waals surface area contributed by atoms with E-state index in [0.29, 0.717) is 19.1 Å². The largest absolute Gasteiger partial charge is 0.493 e. The molecule has 136 valence electrons. The maximum atomic E-state index is 12.1. The van der Waals surface area contributed by atoms with Crippen LogP contribution in [0.25, 0.3) is 0 Å². The van der Waals surface area contributed by atoms with Crippen molar-refractivity contribution < 1.29 is 14.3 Å². The highest BCUT2D eigenvalue weighted by molar-refractivity contribution is 9.10. The van der Waals surface area contributed by atoms with Gasteiger partial charge < -0.3 is 9.47 Å². The molecule has 3 nitrogen and oxygen atoms in total. The average molecular weight is 399 g/mol. The number of unbranched alkanes of at least 4 members (excludes halogenated alkanes) is 1. The monoisotopic (exact) mass is 398 g/mol. The van der Waals surface area contributed by atoms with Crippen LogP contribution < -0.4 is 4.74 Å². The summed E-state index contributed by atoms with van der Waals surface area (Å²) in [6, 6.07) is 4.14. The second-order valence-electron chi connectivity index (χ2n) is 7.55. The summed E-state index contributed by atoms with van der Waals surface area (Å²) in [7, 11) is 0. The number of carbonyl (C=O) groups excluding carboxylic acids is 1. The molecule has 0 aliphatic heterocycles. The van der Waals surface area contributed by atoms with Gasteiger partial charge in [-0.3, -0.25) is 4.79 Å². The van der Waals surface area contributed by atoms with Crippen LogP contribution in [-0.4, -0.2) is 19.2 Å². The predicted octanol–water partition coefficient (Wildman–Crippen LogP) is 5.84. The normalized spacial score (nSPS) is 11.7. The summed E-state index contributed by atoms with van der Waals surface area (Å²) in [6.45, 7) is 13.3. The lowest BCUT2D eigenvalue weighted by Crippen LogP contribution is -2.28. The summed E-state index contributed by atoms with van der Waals surface area (Å²) in [5.41, 5.74) is 1.87. The number of carbonyl (C=O) groups is 1. The fourth-order valence-corrected chi connectivity index (χ4v) is 2.76. The summed E-state index contributed by atoms with van der Waals surface area (Å²) in [4.78, 5) is 12.1. The average Bonchev–Trinajstić information content (AvgIpc) is 2.49. The standard InChI is InChI=1S/C20H31BrO3/c1-14(2)13-24-19(22)20(5,6)9-7-8-10-23-18-12-15(3)17(21)11-16(18)4/h11-12,14H,7-10,13H2,1-6H3. The summed E-state index contributed by atoms with van der Waals surface area (Å²) < 4.78 is 12.4. The summed E-state index contributed by atoms with van der Waals surface area (Å²) in [5.74, 6) is 1.21. The first-order valence-corrected chi connectivity index (χ1v) is 9.49. The van der Waals surface area contributed by atoms with Crippen molar-refractivity contribution in [3.05, 3.63) is 27.7 Å². The van der Waals surface area contributed by atoms with Crippen molar-refractivity contribution in [2.45, 2.75) is 60.8 Å². The molecule has 0 bridgehead atoms. The minimum atomic E-state index is -0.432. The van der Waals surface area contributed by atoms with Gasteiger partial charge in [-0.15, -0.1) is 0 Å². The molecule has 24 heavy (non-hydrogen) atoms. The number of ether oxygens (including phenoxy) is 2. The Bertz CT molecular complexity index is 550. The Balaban J connectivity index is 2.35. The first-order valence-electron chi connectivity index (χ1n) is 8.70. The number of esters is 1. The molecule has 4 heteroatoms. The SMILES string of the molecule is Cc1cc(OCCCCC(C)(C)C(=O)OCC(C)C)c(C)cc1Br. The molecule has 0 spiro atoms. The highest BCUT2D eigenvalue weighted by Gasteiger charge is 2.28. The molecule has 0 fully saturated rings. The van der Waals surface area contributed by atoms with Gasteiger partial charge in [0.25, 0.3) is 0 Å². The minimum absolute atomic E-state index is 0.100. The third-order valence-corrected chi connectivity index (χ3v) is 4.86. The molecule has 1 aromatic carbocycles. The molecule has 0 radical (unpaired) electrons. The van der Waals surface area contributed by atoms with Crippen LogP contribution in [0.4, 0.5) is 0 Å². The van der Waals surface area contributed by atoms with Crippen LogP contribution in [0.3, 0.4) is 0 Å². The molecule has 0 unspecified atom stereocenters. The van der Waals surface area contributed by atoms with Crippen molar-refractivity contribution in [1.82, 2.24) is 0 Å². The number of benzene rings is 1. The van der Waals surface area contributed by atoms with Crippen LogP contribution >= 0.6 is 15.9 Å². The zero-order valence-corrected chi connectivity index (χ0v) is 17.5. The van der Waals surface area contributed by atoms with Crippen molar-refractivity contribution in [1.29, 1.82) is 0 Å². The van der Waals surface area contributed by atoms with Crippen LogP contribution in [0.15, 0.2) is 16.6 Å². The third kappa shape index (κ3) is 6.84. The Morgan fingerprint density at radius 3 is 2.46 bits per heavy atom. The van der Waals surface area contributed by atoms with Crippen LogP contribution in [0, 0.1) is 25.2 Å². The van der Waals surface area contributed by atoms with Gasteiger partial charge in [0.05, 0.1) is 18.6 Å². The molecular formula is C20H31BrO3. The number of aryl methyl sites for hydroxylation is 2. The van der Waals surface area contributed by atoms with E-state index in [1.54, 1.807) is 0 Å². The molecule has 0 aliphatic carbocycles. The Labute approximate surface area is 155 Å². The van der Waals surface area contributed by atoms with E-state index in [-0.39, 0.29) is 5.97 Å². The van der Waals surface area contributed by atoms with Gasteiger partial charge in [-0.2, -0.15) is 0 Å². The maximum Gasteiger partial charge on any atom is 0.311 e. The molecule has 1 rings (SSSR count). The molecule has 1 aromatic rings. The highest BCUT2D eigenvalue weighted by atomic mass is 79.9. The van der Waals surface area contributed by atoms with E-state index in [9.17, 15) is 4.79 Å². The van der Waals surface area contributed by atoms with Gasteiger partial charge in [-0.1, -0.05) is 29.8 Å². The van der Waals surface area contributed by atoms with Crippen molar-refractivity contribution in [2.24, 2.45) is 11.3 Å². The van der Waals surface area contributed by atoms with E-state index in [1.165, 1.54) is 5.56 Å². The molecule has 0 N–H and O–H groups in total. The smallest absolute Gasteiger partial charge is 0.311 e. The fourth-order valence-electron chi connectivity index (χ4n) is 2.30. The molecule has 0 atom stereocenters. The van der Waals surface area contributed by atoms with Crippen molar-refractivity contribution in [3.63, 3.8) is 0 Å². The molecule has 0 aliphatic rings. The summed E-state index contributed by atoms with van der Waals surface area (Å²) in [5, 5.41) is 0. The summed E-state index contributed by atoms with van der Waals surface area (Å²) >= 11 is 3.53. The van der Waals surface area contributed by atoms with E-state index < -0.39 is 5.41 Å². The number of rotatable bonds is 9. The highest BCUT2D eigenvalue weighted by Crippen LogP contribution is 2.28. The van der Waals surface area contributed by atoms with Crippen LogP contribution in [0.1, 0.15) is 58.1 Å². The molecule has 0 amide bonds. The maximum absolute atomic E-state index is 12.1. The van der Waals surface area contributed by atoms with Gasteiger partial charge in [0.2, 0.25) is 0 Å². The lowest BCUT2D eigenvalue weighted by molar-refractivity contribution is -0.155. The number of halogens is 1. The van der Waals surface area contributed by atoms with Crippen molar-refractivity contribution in [2.75, 3.05) is 13.2 Å². The third-order valence-electron chi connectivity index (χ3n) is 4.01. The van der Waals surface area contributed by atoms with Crippen molar-refractivity contribution in [3.8, 4) is 5.75 Å². The van der Waals surface area contributed by atoms with E-state index in [2.05, 4.69) is 35.0 Å². The van der Waals surface area contributed by atoms with E-state index in [4.69, 9.17) is 9.47 Å². The molecule has 0 saturated carbocycles. The Hall–Kier alpha value is -1.03. The van der Waals surface area contributed by atoms with Crippen LogP contribution in [0.2, 0.25) is 0 Å². The second kappa shape index (κ2) is 9.45. The van der Waals surface area contributed by atoms with E-state index >= 15 is 0 Å². The predicted molar refractivity (Wildman–Crippen MR) is 103 cm³/mol. The molecular weight excluding hydrogens is 368 g/mol. The Morgan fingerprint density at radius 1 is 1.17 bits per heavy atom. The quantitative estimate of drug-likeness (QED) is 0.387. The molecule has 0 heterocycles. The molecule has 0 saturated heterocycles. The van der Waals surface area contributed by atoms with Crippen molar-refractivity contribution >= 4 is 21.9 Å². The first kappa shape index (κ1) is 21.0. The van der Waals surface area contributed by atoms with Gasteiger partial charge in [0, 0.05) is 4.47 Å². The lowest BCUT2D eigenvalue weighted by Gasteiger charge is -2.23. The minimum Gasteiger partial charge on any atom is -0.493 e. The molecule has 0 aromatic heterocycles. The first-order chi connectivity index (χ1) is 11.1. The van der Waals surface area contributed by atoms with Crippen LogP contribution in [-0.2, 0) is 9.53 Å². The zero-order valence-electron chi connectivity index (χ0n) is 15.9. The zero-order chi connectivity index (χ0) is 18.3. The lowest BCUT2D eigenvalue weighted by atomic mass is 9.87. The van der Waals surface area contributed by atoms with E-state index in [1.807, 2.05) is 34.6 Å². The van der Waals surface area contributed by atoms with Gasteiger partial charge in [-0.25, -0.2) is 0 Å². The van der Waals surface area contributed by atoms with Gasteiger partial charge >= 0.3 is 5.97 Å². The van der Waals surface area contributed by atoms with E-state index in [0.717, 1.165) is 35.0 Å². The topological polar surface area (TPSA) is 35.5 Å². The summed E-state index contributed by atoms with van der Waals surface area (Å²) in [6.07, 6.45) is 2.68. The van der Waals surface area contributed by atoms with Gasteiger partial charge in [0.15, 0.2) is 0 Å². The fraction of sp³-hybridized carbons (Fsp3) is 0.650. The van der Waals surface area contributed by atoms with Gasteiger partial charge in [-0.05, 0) is 76.1 Å². The van der Waals surface area contributed by atoms with Gasteiger partial charge in [0.1, 0.15) is 5.75 Å². The Morgan fingerprint density at radius 2 is 1.83 bits per heavy atom. The second-order valence-corrected chi connectivity index (χ2v) is 8.40.